The van der Waals surface area contributed by atoms with Gasteiger partial charge in [0.05, 0.1) is 23.5 Å². The van der Waals surface area contributed by atoms with Gasteiger partial charge in [-0.05, 0) is 24.7 Å². The van der Waals surface area contributed by atoms with Gasteiger partial charge in [-0.2, -0.15) is 5.10 Å². The Kier molecular flexibility index (Phi) is 3.61. The highest BCUT2D eigenvalue weighted by molar-refractivity contribution is 6.08. The number of benzene rings is 1. The molecule has 0 radical (unpaired) electrons. The summed E-state index contributed by atoms with van der Waals surface area (Å²) in [6, 6.07) is 7.73. The lowest BCUT2D eigenvalue weighted by Crippen LogP contribution is -2.12. The van der Waals surface area contributed by atoms with Crippen LogP contribution in [0.4, 0.5) is 5.69 Å². The minimum Gasteiger partial charge on any atom is -0.322 e. The number of fused-ring (bicyclic) bond motifs is 1. The van der Waals surface area contributed by atoms with Gasteiger partial charge in [0.15, 0.2) is 0 Å². The van der Waals surface area contributed by atoms with E-state index in [1.54, 1.807) is 29.3 Å². The molecule has 0 saturated heterocycles. The average Bonchev–Trinajstić information content (AvgIpc) is 2.92. The first-order chi connectivity index (χ1) is 10.3. The summed E-state index contributed by atoms with van der Waals surface area (Å²) in [6.45, 7) is 0.754. The molecule has 3 rings (SSSR count). The van der Waals surface area contributed by atoms with Gasteiger partial charge in [0.1, 0.15) is 0 Å². The van der Waals surface area contributed by atoms with E-state index in [1.807, 2.05) is 31.3 Å². The smallest absolute Gasteiger partial charge is 0.259 e. The van der Waals surface area contributed by atoms with Gasteiger partial charge < -0.3 is 10.6 Å². The van der Waals surface area contributed by atoms with Gasteiger partial charge in [-0.3, -0.25) is 9.78 Å². The lowest BCUT2D eigenvalue weighted by molar-refractivity contribution is 0.102. The molecule has 0 aliphatic rings. The highest BCUT2D eigenvalue weighted by Crippen LogP contribution is 2.14. The summed E-state index contributed by atoms with van der Waals surface area (Å²) in [4.78, 5) is 16.4. The van der Waals surface area contributed by atoms with E-state index in [2.05, 4.69) is 20.7 Å². The summed E-state index contributed by atoms with van der Waals surface area (Å²) in [5, 5.41) is 10.1. The fourth-order valence-corrected chi connectivity index (χ4v) is 2.17. The second kappa shape index (κ2) is 5.72. The van der Waals surface area contributed by atoms with Crippen LogP contribution in [0.5, 0.6) is 0 Å². The summed E-state index contributed by atoms with van der Waals surface area (Å²) in [7, 11) is 1.89. The second-order valence-corrected chi connectivity index (χ2v) is 4.65. The maximum absolute atomic E-state index is 12.4. The molecule has 0 fully saturated rings. The van der Waals surface area contributed by atoms with Gasteiger partial charge in [0.25, 0.3) is 5.91 Å². The van der Waals surface area contributed by atoms with E-state index >= 15 is 0 Å². The molecule has 106 valence electrons. The van der Waals surface area contributed by atoms with Crippen LogP contribution in [-0.2, 0) is 6.54 Å². The van der Waals surface area contributed by atoms with Gasteiger partial charge in [-0.15, -0.1) is 0 Å². The van der Waals surface area contributed by atoms with Crippen molar-refractivity contribution >= 4 is 17.1 Å². The molecule has 1 amide bonds. The van der Waals surface area contributed by atoms with Crippen LogP contribution in [0.1, 0.15) is 15.9 Å². The molecule has 1 aromatic carbocycles. The molecule has 0 saturated carbocycles. The summed E-state index contributed by atoms with van der Waals surface area (Å²) < 4.78 is 1.62. The van der Waals surface area contributed by atoms with E-state index in [4.69, 9.17) is 0 Å². The first-order valence-electron chi connectivity index (χ1n) is 6.60. The second-order valence-electron chi connectivity index (χ2n) is 4.65. The summed E-state index contributed by atoms with van der Waals surface area (Å²) >= 11 is 0. The summed E-state index contributed by atoms with van der Waals surface area (Å²) in [6.07, 6.45) is 6.51. The molecule has 6 heteroatoms. The van der Waals surface area contributed by atoms with Crippen LogP contribution in [0.3, 0.4) is 0 Å². The topological polar surface area (TPSA) is 71.3 Å². The van der Waals surface area contributed by atoms with Crippen LogP contribution in [0.15, 0.2) is 49.1 Å². The summed E-state index contributed by atoms with van der Waals surface area (Å²) in [5.74, 6) is -0.195. The largest absolute Gasteiger partial charge is 0.322 e. The summed E-state index contributed by atoms with van der Waals surface area (Å²) in [5.41, 5.74) is 3.05. The van der Waals surface area contributed by atoms with E-state index < -0.39 is 0 Å². The van der Waals surface area contributed by atoms with Crippen LogP contribution < -0.4 is 10.6 Å². The lowest BCUT2D eigenvalue weighted by atomic mass is 10.2. The number of amides is 1. The molecular weight excluding hydrogens is 266 g/mol. The highest BCUT2D eigenvalue weighted by Gasteiger charge is 2.12. The van der Waals surface area contributed by atoms with Crippen molar-refractivity contribution in [2.45, 2.75) is 6.54 Å². The molecule has 2 N–H and O–H groups in total. The SMILES string of the molecule is CNCc1cccc(NC(=O)c2cnn3ccncc23)c1. The zero-order valence-electron chi connectivity index (χ0n) is 11.6. The number of nitrogens with one attached hydrogen (secondary N) is 2. The molecule has 2 aromatic heterocycles. The van der Waals surface area contributed by atoms with E-state index in [0.29, 0.717) is 11.1 Å². The molecule has 0 bridgehead atoms. The quantitative estimate of drug-likeness (QED) is 0.763. The maximum Gasteiger partial charge on any atom is 0.259 e. The van der Waals surface area contributed by atoms with E-state index in [9.17, 15) is 4.79 Å². The van der Waals surface area contributed by atoms with Gasteiger partial charge >= 0.3 is 0 Å². The molecule has 3 aromatic rings. The Hall–Kier alpha value is -2.73. The van der Waals surface area contributed by atoms with Crippen molar-refractivity contribution in [1.29, 1.82) is 0 Å². The predicted octanol–water partition coefficient (Wildman–Crippen LogP) is 1.70. The van der Waals surface area contributed by atoms with Crippen molar-refractivity contribution in [2.75, 3.05) is 12.4 Å². The van der Waals surface area contributed by atoms with Crippen molar-refractivity contribution in [1.82, 2.24) is 19.9 Å². The number of nitrogens with zero attached hydrogens (tertiary/aromatic N) is 3. The van der Waals surface area contributed by atoms with Crippen LogP contribution in [-0.4, -0.2) is 27.6 Å². The zero-order valence-corrected chi connectivity index (χ0v) is 11.6. The highest BCUT2D eigenvalue weighted by atomic mass is 16.1. The average molecular weight is 281 g/mol. The van der Waals surface area contributed by atoms with Crippen LogP contribution >= 0.6 is 0 Å². The molecule has 21 heavy (non-hydrogen) atoms. The van der Waals surface area contributed by atoms with Crippen LogP contribution in [0.25, 0.3) is 5.52 Å². The minimum atomic E-state index is -0.195. The lowest BCUT2D eigenvalue weighted by Gasteiger charge is -2.06. The Morgan fingerprint density at radius 1 is 1.33 bits per heavy atom. The number of anilines is 1. The van der Waals surface area contributed by atoms with Crippen LogP contribution in [0.2, 0.25) is 0 Å². The fourth-order valence-electron chi connectivity index (χ4n) is 2.17. The van der Waals surface area contributed by atoms with Gasteiger partial charge in [0.2, 0.25) is 0 Å². The fraction of sp³-hybridized carbons (Fsp3) is 0.133. The molecule has 6 nitrogen and oxygen atoms in total. The molecule has 0 aliphatic carbocycles. The Morgan fingerprint density at radius 2 is 2.24 bits per heavy atom. The number of carbonyl (C=O) groups is 1. The standard InChI is InChI=1S/C15H15N5O/c1-16-8-11-3-2-4-12(7-11)19-15(21)13-9-18-20-6-5-17-10-14(13)20/h2-7,9-10,16H,8H2,1H3,(H,19,21). The van der Waals surface area contributed by atoms with Gasteiger partial charge in [-0.1, -0.05) is 12.1 Å². The van der Waals surface area contributed by atoms with E-state index in [-0.39, 0.29) is 5.91 Å². The minimum absolute atomic E-state index is 0.195. The molecule has 0 unspecified atom stereocenters. The van der Waals surface area contributed by atoms with Gasteiger partial charge in [0, 0.05) is 24.6 Å². The zero-order chi connectivity index (χ0) is 14.7. The molecule has 0 spiro atoms. The Balaban J connectivity index is 1.84. The molecular formula is C15H15N5O. The number of carbonyl (C=O) groups excluding carboxylic acids is 1. The number of hydrogen-bond acceptors (Lipinski definition) is 4. The normalized spacial score (nSPS) is 10.7. The van der Waals surface area contributed by atoms with Crippen molar-refractivity contribution in [3.05, 3.63) is 60.2 Å². The maximum atomic E-state index is 12.4. The van der Waals surface area contributed by atoms with Gasteiger partial charge in [-0.25, -0.2) is 4.52 Å². The molecule has 0 atom stereocenters. The van der Waals surface area contributed by atoms with Crippen LogP contribution in [0, 0.1) is 0 Å². The number of hydrogen-bond donors (Lipinski definition) is 2. The van der Waals surface area contributed by atoms with Crippen molar-refractivity contribution in [3.8, 4) is 0 Å². The third-order valence-corrected chi connectivity index (χ3v) is 3.14. The first-order valence-corrected chi connectivity index (χ1v) is 6.60. The molecule has 0 aliphatic heterocycles. The third-order valence-electron chi connectivity index (χ3n) is 3.14. The number of aromatic nitrogens is 3. The van der Waals surface area contributed by atoms with E-state index in [1.165, 1.54) is 0 Å². The van der Waals surface area contributed by atoms with Crippen molar-refractivity contribution in [2.24, 2.45) is 0 Å². The molecule has 2 heterocycles. The first kappa shape index (κ1) is 13.3. The van der Waals surface area contributed by atoms with E-state index in [0.717, 1.165) is 17.8 Å². The van der Waals surface area contributed by atoms with Crippen molar-refractivity contribution < 1.29 is 4.79 Å². The number of rotatable bonds is 4. The Morgan fingerprint density at radius 3 is 3.10 bits per heavy atom. The monoisotopic (exact) mass is 281 g/mol. The Labute approximate surface area is 121 Å². The Bertz CT molecular complexity index is 780. The van der Waals surface area contributed by atoms with Crippen molar-refractivity contribution in [3.63, 3.8) is 0 Å². The predicted molar refractivity (Wildman–Crippen MR) is 80.1 cm³/mol. The third kappa shape index (κ3) is 2.75.